The van der Waals surface area contributed by atoms with Crippen molar-refractivity contribution in [2.45, 2.75) is 18.8 Å². The van der Waals surface area contributed by atoms with Gasteiger partial charge >= 0.3 is 5.97 Å². The maximum absolute atomic E-state index is 14.8. The van der Waals surface area contributed by atoms with Crippen LogP contribution in [0, 0.1) is 5.82 Å². The van der Waals surface area contributed by atoms with E-state index in [0.717, 1.165) is 18.7 Å². The molecule has 0 N–H and O–H groups in total. The van der Waals surface area contributed by atoms with Crippen molar-refractivity contribution in [2.75, 3.05) is 25.1 Å². The maximum Gasteiger partial charge on any atom is 0.310 e. The summed E-state index contributed by atoms with van der Waals surface area (Å²) in [6.45, 7) is 1.50. The van der Waals surface area contributed by atoms with E-state index in [1.165, 1.54) is 7.11 Å². The summed E-state index contributed by atoms with van der Waals surface area (Å²) in [5.41, 5.74) is 1.99. The Hall–Kier alpha value is -1.78. The number of hydrogen-bond acceptors (Lipinski definition) is 3. The molecule has 6 heteroatoms. The first-order valence-corrected chi connectivity index (χ1v) is 8.79. The molecule has 3 nitrogen and oxygen atoms in total. The van der Waals surface area contributed by atoms with Crippen molar-refractivity contribution < 1.29 is 13.9 Å². The van der Waals surface area contributed by atoms with Crippen LogP contribution < -0.4 is 4.90 Å². The molecular weight excluding hydrogens is 364 g/mol. The quantitative estimate of drug-likeness (QED) is 0.709. The molecule has 1 aliphatic rings. The van der Waals surface area contributed by atoms with Crippen LogP contribution in [0.25, 0.3) is 0 Å². The largest absolute Gasteiger partial charge is 0.469 e. The number of ether oxygens (including phenoxy) is 1. The van der Waals surface area contributed by atoms with E-state index in [9.17, 15) is 9.18 Å². The van der Waals surface area contributed by atoms with Gasteiger partial charge in [-0.15, -0.1) is 0 Å². The van der Waals surface area contributed by atoms with Crippen LogP contribution in [-0.2, 0) is 16.0 Å². The molecule has 0 spiro atoms. The molecule has 0 aliphatic carbocycles. The highest BCUT2D eigenvalue weighted by atomic mass is 35.5. The lowest BCUT2D eigenvalue weighted by molar-refractivity contribution is -0.139. The van der Waals surface area contributed by atoms with Crippen LogP contribution >= 0.6 is 23.2 Å². The van der Waals surface area contributed by atoms with E-state index in [-0.39, 0.29) is 18.2 Å². The Kier molecular flexibility index (Phi) is 5.50. The highest BCUT2D eigenvalue weighted by Crippen LogP contribution is 2.35. The van der Waals surface area contributed by atoms with E-state index in [1.54, 1.807) is 24.3 Å². The molecule has 2 aromatic rings. The Morgan fingerprint density at radius 3 is 2.80 bits per heavy atom. The normalized spacial score (nSPS) is 17.0. The number of hydrogen-bond donors (Lipinski definition) is 0. The van der Waals surface area contributed by atoms with Crippen molar-refractivity contribution in [3.05, 3.63) is 63.4 Å². The monoisotopic (exact) mass is 381 g/mol. The first-order valence-electron chi connectivity index (χ1n) is 8.03. The molecule has 1 fully saturated rings. The lowest BCUT2D eigenvalue weighted by atomic mass is 9.95. The molecule has 1 saturated heterocycles. The molecule has 3 rings (SSSR count). The fourth-order valence-electron chi connectivity index (χ4n) is 3.21. The minimum atomic E-state index is -0.445. The van der Waals surface area contributed by atoms with E-state index >= 15 is 0 Å². The average molecular weight is 382 g/mol. The summed E-state index contributed by atoms with van der Waals surface area (Å²) in [6.07, 6.45) is 0.776. The third-order valence-electron chi connectivity index (χ3n) is 4.57. The number of carbonyl (C=O) groups is 1. The highest BCUT2D eigenvalue weighted by Gasteiger charge is 2.27. The number of benzene rings is 2. The van der Waals surface area contributed by atoms with Gasteiger partial charge < -0.3 is 9.64 Å². The molecule has 1 heterocycles. The Labute approximate surface area is 156 Å². The second-order valence-corrected chi connectivity index (χ2v) is 6.92. The standard InChI is InChI=1S/C19H18Cl2FNO2/c1-25-18(24)9-12-3-2-4-15(19(12)22)13-7-8-23(11-13)14-5-6-16(20)17(21)10-14/h2-6,10,13H,7-9,11H2,1H3. The molecule has 1 atom stereocenters. The predicted molar refractivity (Wildman–Crippen MR) is 98.2 cm³/mol. The molecule has 0 saturated carbocycles. The maximum atomic E-state index is 14.8. The van der Waals surface area contributed by atoms with Gasteiger partial charge in [0, 0.05) is 24.7 Å². The van der Waals surface area contributed by atoms with Crippen LogP contribution in [0.2, 0.25) is 10.0 Å². The lowest BCUT2D eigenvalue weighted by Crippen LogP contribution is -2.19. The van der Waals surface area contributed by atoms with E-state index < -0.39 is 5.97 Å². The summed E-state index contributed by atoms with van der Waals surface area (Å²) >= 11 is 12.1. The van der Waals surface area contributed by atoms with E-state index in [2.05, 4.69) is 9.64 Å². The molecule has 132 valence electrons. The number of nitrogens with zero attached hydrogens (tertiary/aromatic N) is 1. The summed E-state index contributed by atoms with van der Waals surface area (Å²) in [6, 6.07) is 10.7. The number of methoxy groups -OCH3 is 1. The molecule has 0 radical (unpaired) electrons. The van der Waals surface area contributed by atoms with Crippen molar-refractivity contribution in [3.8, 4) is 0 Å². The summed E-state index contributed by atoms with van der Waals surface area (Å²) in [5, 5.41) is 1.02. The summed E-state index contributed by atoms with van der Waals surface area (Å²) in [4.78, 5) is 13.6. The van der Waals surface area contributed by atoms with Crippen LogP contribution in [0.4, 0.5) is 10.1 Å². The van der Waals surface area contributed by atoms with Gasteiger partial charge in [-0.05, 0) is 35.7 Å². The summed E-state index contributed by atoms with van der Waals surface area (Å²) < 4.78 is 19.4. The zero-order chi connectivity index (χ0) is 18.0. The predicted octanol–water partition coefficient (Wildman–Crippen LogP) is 4.84. The van der Waals surface area contributed by atoms with Crippen LogP contribution in [-0.4, -0.2) is 26.2 Å². The minimum Gasteiger partial charge on any atom is -0.469 e. The van der Waals surface area contributed by atoms with Crippen LogP contribution in [0.3, 0.4) is 0 Å². The first-order chi connectivity index (χ1) is 12.0. The fraction of sp³-hybridized carbons (Fsp3) is 0.316. The van der Waals surface area contributed by atoms with Gasteiger partial charge in [-0.2, -0.15) is 0 Å². The van der Waals surface area contributed by atoms with Crippen molar-refractivity contribution in [3.63, 3.8) is 0 Å². The number of esters is 1. The molecule has 0 amide bonds. The Morgan fingerprint density at radius 2 is 2.08 bits per heavy atom. The van der Waals surface area contributed by atoms with Gasteiger partial charge in [-0.3, -0.25) is 4.79 Å². The van der Waals surface area contributed by atoms with Gasteiger partial charge in [0.05, 0.1) is 23.6 Å². The van der Waals surface area contributed by atoms with Gasteiger partial charge in [0.2, 0.25) is 0 Å². The molecule has 0 aromatic heterocycles. The first kappa shape index (κ1) is 18.0. The number of carbonyl (C=O) groups excluding carboxylic acids is 1. The van der Waals surface area contributed by atoms with Crippen LogP contribution in [0.5, 0.6) is 0 Å². The van der Waals surface area contributed by atoms with Gasteiger partial charge in [0.25, 0.3) is 0 Å². The third kappa shape index (κ3) is 3.91. The van der Waals surface area contributed by atoms with Crippen LogP contribution in [0.1, 0.15) is 23.5 Å². The topological polar surface area (TPSA) is 29.5 Å². The molecule has 2 aromatic carbocycles. The zero-order valence-corrected chi connectivity index (χ0v) is 15.3. The van der Waals surface area contributed by atoms with Gasteiger partial charge in [0.1, 0.15) is 5.82 Å². The Bertz CT molecular complexity index is 797. The third-order valence-corrected chi connectivity index (χ3v) is 5.31. The molecule has 25 heavy (non-hydrogen) atoms. The van der Waals surface area contributed by atoms with Crippen molar-refractivity contribution in [1.82, 2.24) is 0 Å². The van der Waals surface area contributed by atoms with Gasteiger partial charge in [-0.25, -0.2) is 4.39 Å². The molecule has 1 aliphatic heterocycles. The zero-order valence-electron chi connectivity index (χ0n) is 13.8. The highest BCUT2D eigenvalue weighted by molar-refractivity contribution is 6.42. The van der Waals surface area contributed by atoms with Gasteiger partial charge in [-0.1, -0.05) is 41.4 Å². The molecule has 0 bridgehead atoms. The van der Waals surface area contributed by atoms with Crippen LogP contribution in [0.15, 0.2) is 36.4 Å². The smallest absolute Gasteiger partial charge is 0.310 e. The Morgan fingerprint density at radius 1 is 1.28 bits per heavy atom. The summed E-state index contributed by atoms with van der Waals surface area (Å²) in [7, 11) is 1.30. The number of anilines is 1. The molecule has 1 unspecified atom stereocenters. The summed E-state index contributed by atoms with van der Waals surface area (Å²) in [5.74, 6) is -0.694. The second kappa shape index (κ2) is 7.63. The van der Waals surface area contributed by atoms with Crippen molar-refractivity contribution in [1.29, 1.82) is 0 Å². The van der Waals surface area contributed by atoms with E-state index in [1.807, 2.05) is 12.1 Å². The fourth-order valence-corrected chi connectivity index (χ4v) is 3.50. The molecular formula is C19H18Cl2FNO2. The Balaban J connectivity index is 1.78. The van der Waals surface area contributed by atoms with E-state index in [0.29, 0.717) is 27.7 Å². The van der Waals surface area contributed by atoms with E-state index in [4.69, 9.17) is 23.2 Å². The SMILES string of the molecule is COC(=O)Cc1cccc(C2CCN(c3ccc(Cl)c(Cl)c3)C2)c1F. The lowest BCUT2D eigenvalue weighted by Gasteiger charge is -2.20. The van der Waals surface area contributed by atoms with Crippen molar-refractivity contribution >= 4 is 34.9 Å². The average Bonchev–Trinajstić information content (AvgIpc) is 3.09. The number of halogens is 3. The van der Waals surface area contributed by atoms with Crippen molar-refractivity contribution in [2.24, 2.45) is 0 Å². The number of rotatable bonds is 4. The van der Waals surface area contributed by atoms with Gasteiger partial charge in [0.15, 0.2) is 0 Å². The minimum absolute atomic E-state index is 0.0562. The second-order valence-electron chi connectivity index (χ2n) is 6.10.